The number of rotatable bonds is 9. The van der Waals surface area contributed by atoms with Crippen molar-refractivity contribution < 1.29 is 9.13 Å². The molecule has 5 rings (SSSR count). The van der Waals surface area contributed by atoms with E-state index in [0.717, 1.165) is 42.3 Å². The molecule has 0 unspecified atom stereocenters. The summed E-state index contributed by atoms with van der Waals surface area (Å²) in [6.45, 7) is 2.26. The molecule has 4 aromatic rings. The van der Waals surface area contributed by atoms with Crippen LogP contribution in [0.15, 0.2) is 74.0 Å². The first kappa shape index (κ1) is 23.6. The van der Waals surface area contributed by atoms with Crippen LogP contribution in [0.5, 0.6) is 0 Å². The second kappa shape index (κ2) is 11.5. The SMILES string of the molecule is FCCOC[C@H]1CN(c2ccncc2)CCN1c1ncc(/C=C/c2ccc(-n3ccnc3)nc2)cn1. The molecular formula is C26H27FN8O. The zero-order valence-corrected chi connectivity index (χ0v) is 19.8. The predicted octanol–water partition coefficient (Wildman–Crippen LogP) is 3.30. The Morgan fingerprint density at radius 1 is 0.917 bits per heavy atom. The Morgan fingerprint density at radius 3 is 2.44 bits per heavy atom. The molecule has 0 saturated carbocycles. The Morgan fingerprint density at radius 2 is 1.72 bits per heavy atom. The van der Waals surface area contributed by atoms with Gasteiger partial charge in [0, 0.05) is 74.3 Å². The molecule has 0 aliphatic carbocycles. The van der Waals surface area contributed by atoms with Gasteiger partial charge in [0.2, 0.25) is 5.95 Å². The second-order valence-corrected chi connectivity index (χ2v) is 8.33. The van der Waals surface area contributed by atoms with Crippen molar-refractivity contribution in [2.24, 2.45) is 0 Å². The maximum atomic E-state index is 12.6. The van der Waals surface area contributed by atoms with E-state index in [9.17, 15) is 4.39 Å². The third-order valence-electron chi connectivity index (χ3n) is 5.97. The summed E-state index contributed by atoms with van der Waals surface area (Å²) in [6, 6.07) is 7.93. The van der Waals surface area contributed by atoms with Crippen molar-refractivity contribution in [3.8, 4) is 5.82 Å². The number of nitrogens with zero attached hydrogens (tertiary/aromatic N) is 8. The minimum absolute atomic E-state index is 0.0000526. The Hall–Kier alpha value is -4.18. The van der Waals surface area contributed by atoms with Crippen LogP contribution in [0.25, 0.3) is 18.0 Å². The maximum Gasteiger partial charge on any atom is 0.225 e. The number of hydrogen-bond donors (Lipinski definition) is 0. The summed E-state index contributed by atoms with van der Waals surface area (Å²) in [4.78, 5) is 26.3. The first-order chi connectivity index (χ1) is 17.8. The van der Waals surface area contributed by atoms with E-state index in [1.54, 1.807) is 37.3 Å². The number of halogens is 1. The van der Waals surface area contributed by atoms with E-state index >= 15 is 0 Å². The Balaban J connectivity index is 1.25. The number of anilines is 2. The van der Waals surface area contributed by atoms with Crippen molar-refractivity contribution in [1.29, 1.82) is 0 Å². The summed E-state index contributed by atoms with van der Waals surface area (Å²) in [7, 11) is 0. The molecule has 9 nitrogen and oxygen atoms in total. The fourth-order valence-corrected chi connectivity index (χ4v) is 4.13. The highest BCUT2D eigenvalue weighted by Crippen LogP contribution is 2.22. The van der Waals surface area contributed by atoms with Crippen LogP contribution < -0.4 is 9.80 Å². The number of alkyl halides is 1. The second-order valence-electron chi connectivity index (χ2n) is 8.33. The molecule has 0 aromatic carbocycles. The van der Waals surface area contributed by atoms with Crippen LogP contribution in [0.1, 0.15) is 11.1 Å². The number of hydrogen-bond acceptors (Lipinski definition) is 8. The molecular weight excluding hydrogens is 459 g/mol. The quantitative estimate of drug-likeness (QED) is 0.333. The maximum absolute atomic E-state index is 12.6. The number of imidazole rings is 1. The highest BCUT2D eigenvalue weighted by atomic mass is 19.1. The molecule has 0 amide bonds. The fraction of sp³-hybridized carbons (Fsp3) is 0.269. The summed E-state index contributed by atoms with van der Waals surface area (Å²) in [5, 5.41) is 0. The zero-order chi connectivity index (χ0) is 24.6. The lowest BCUT2D eigenvalue weighted by molar-refractivity contribution is 0.104. The van der Waals surface area contributed by atoms with E-state index in [1.807, 2.05) is 53.4 Å². The van der Waals surface area contributed by atoms with Crippen molar-refractivity contribution in [2.45, 2.75) is 6.04 Å². The Labute approximate surface area is 209 Å². The Bertz CT molecular complexity index is 1230. The first-order valence-electron chi connectivity index (χ1n) is 11.8. The molecule has 36 heavy (non-hydrogen) atoms. The van der Waals surface area contributed by atoms with Crippen molar-refractivity contribution in [3.63, 3.8) is 0 Å². The lowest BCUT2D eigenvalue weighted by Gasteiger charge is -2.42. The summed E-state index contributed by atoms with van der Waals surface area (Å²) in [5.74, 6) is 1.45. The number of pyridine rings is 2. The number of ether oxygens (including phenoxy) is 1. The van der Waals surface area contributed by atoms with Gasteiger partial charge in [-0.15, -0.1) is 0 Å². The topological polar surface area (TPSA) is 85.1 Å². The molecule has 10 heteroatoms. The van der Waals surface area contributed by atoms with Gasteiger partial charge >= 0.3 is 0 Å². The molecule has 5 heterocycles. The minimum Gasteiger partial charge on any atom is -0.377 e. The summed E-state index contributed by atoms with van der Waals surface area (Å²) < 4.78 is 20.1. The van der Waals surface area contributed by atoms with Gasteiger partial charge in [-0.1, -0.05) is 12.2 Å². The average molecular weight is 487 g/mol. The lowest BCUT2D eigenvalue weighted by atomic mass is 10.1. The summed E-state index contributed by atoms with van der Waals surface area (Å²) in [6.07, 6.45) is 18.2. The van der Waals surface area contributed by atoms with Crippen LogP contribution in [-0.4, -0.2) is 75.1 Å². The monoisotopic (exact) mass is 486 g/mol. The van der Waals surface area contributed by atoms with Crippen LogP contribution in [0.2, 0.25) is 0 Å². The summed E-state index contributed by atoms with van der Waals surface area (Å²) in [5.41, 5.74) is 2.97. The number of piperazine rings is 1. The third kappa shape index (κ3) is 5.72. The average Bonchev–Trinajstić information content (AvgIpc) is 3.48. The van der Waals surface area contributed by atoms with Crippen LogP contribution in [0.3, 0.4) is 0 Å². The third-order valence-corrected chi connectivity index (χ3v) is 5.97. The smallest absolute Gasteiger partial charge is 0.225 e. The minimum atomic E-state index is -0.500. The molecule has 184 valence electrons. The van der Waals surface area contributed by atoms with Gasteiger partial charge in [0.25, 0.3) is 0 Å². The van der Waals surface area contributed by atoms with E-state index in [4.69, 9.17) is 4.74 Å². The first-order valence-corrected chi connectivity index (χ1v) is 11.8. The van der Waals surface area contributed by atoms with Gasteiger partial charge in [0.15, 0.2) is 0 Å². The van der Waals surface area contributed by atoms with Crippen LogP contribution in [0, 0.1) is 0 Å². The molecule has 1 fully saturated rings. The molecule has 1 saturated heterocycles. The van der Waals surface area contributed by atoms with Crippen LogP contribution >= 0.6 is 0 Å². The molecule has 1 aliphatic rings. The van der Waals surface area contributed by atoms with Gasteiger partial charge in [0.05, 0.1) is 19.3 Å². The van der Waals surface area contributed by atoms with E-state index in [0.29, 0.717) is 12.6 Å². The summed E-state index contributed by atoms with van der Waals surface area (Å²) >= 11 is 0. The molecule has 1 aliphatic heterocycles. The van der Waals surface area contributed by atoms with Crippen molar-refractivity contribution >= 4 is 23.8 Å². The van der Waals surface area contributed by atoms with E-state index < -0.39 is 6.67 Å². The highest BCUT2D eigenvalue weighted by Gasteiger charge is 2.29. The predicted molar refractivity (Wildman–Crippen MR) is 137 cm³/mol. The standard InChI is InChI=1S/C26H27FN8O/c27-7-14-36-19-24-18-33(23-5-8-28-9-6-23)12-13-35(24)26-31-16-22(17-32-26)2-1-21-3-4-25(30-15-21)34-11-10-29-20-34/h1-6,8-11,15-17,20,24H,7,12-14,18-19H2/b2-1+/t24-/m1/s1. The van der Waals surface area contributed by atoms with Crippen LogP contribution in [-0.2, 0) is 4.74 Å². The van der Waals surface area contributed by atoms with Gasteiger partial charge in [-0.3, -0.25) is 9.55 Å². The molecule has 1 atom stereocenters. The molecule has 0 bridgehead atoms. The van der Waals surface area contributed by atoms with Gasteiger partial charge in [-0.25, -0.2) is 24.3 Å². The highest BCUT2D eigenvalue weighted by molar-refractivity contribution is 5.68. The van der Waals surface area contributed by atoms with Gasteiger partial charge in [-0.2, -0.15) is 0 Å². The lowest BCUT2D eigenvalue weighted by Crippen LogP contribution is -2.56. The van der Waals surface area contributed by atoms with E-state index in [1.165, 1.54) is 0 Å². The fourth-order valence-electron chi connectivity index (χ4n) is 4.13. The van der Waals surface area contributed by atoms with E-state index in [2.05, 4.69) is 34.7 Å². The molecule has 4 aromatic heterocycles. The van der Waals surface area contributed by atoms with Crippen molar-refractivity contribution in [2.75, 3.05) is 49.3 Å². The molecule has 0 N–H and O–H groups in total. The zero-order valence-electron chi connectivity index (χ0n) is 19.8. The van der Waals surface area contributed by atoms with E-state index in [-0.39, 0.29) is 12.6 Å². The van der Waals surface area contributed by atoms with Gasteiger partial charge in [-0.05, 0) is 29.8 Å². The van der Waals surface area contributed by atoms with Gasteiger partial charge < -0.3 is 14.5 Å². The number of aromatic nitrogens is 6. The van der Waals surface area contributed by atoms with Gasteiger partial charge in [0.1, 0.15) is 18.8 Å². The molecule has 0 spiro atoms. The van der Waals surface area contributed by atoms with Crippen LogP contribution in [0.4, 0.5) is 16.0 Å². The Kier molecular flexibility index (Phi) is 7.52. The molecule has 0 radical (unpaired) electrons. The normalized spacial score (nSPS) is 16.1. The largest absolute Gasteiger partial charge is 0.377 e. The van der Waals surface area contributed by atoms with Crippen molar-refractivity contribution in [3.05, 3.63) is 85.1 Å². The van der Waals surface area contributed by atoms with Crippen molar-refractivity contribution in [1.82, 2.24) is 29.5 Å².